The van der Waals surface area contributed by atoms with Crippen LogP contribution >= 0.6 is 0 Å². The molecule has 4 heteroatoms. The van der Waals surface area contributed by atoms with E-state index in [-0.39, 0.29) is 17.9 Å². The molecule has 4 nitrogen and oxygen atoms in total. The molecule has 0 aliphatic rings. The number of hydrogen-bond acceptors (Lipinski definition) is 4. The third-order valence-electron chi connectivity index (χ3n) is 6.01. The average Bonchev–Trinajstić information content (AvgIpc) is 2.77. The van der Waals surface area contributed by atoms with Gasteiger partial charge >= 0.3 is 11.9 Å². The lowest BCUT2D eigenvalue weighted by atomic mass is 9.98. The lowest BCUT2D eigenvalue weighted by Gasteiger charge is -2.14. The summed E-state index contributed by atoms with van der Waals surface area (Å²) >= 11 is 0. The third kappa shape index (κ3) is 20.6. The molecule has 31 heavy (non-hydrogen) atoms. The van der Waals surface area contributed by atoms with Gasteiger partial charge in [0, 0.05) is 6.42 Å². The van der Waals surface area contributed by atoms with Crippen LogP contribution in [0.1, 0.15) is 143 Å². The summed E-state index contributed by atoms with van der Waals surface area (Å²) in [5.41, 5.74) is 0. The van der Waals surface area contributed by atoms with Crippen molar-refractivity contribution in [2.45, 2.75) is 143 Å². The number of ether oxygens (including phenoxy) is 2. The van der Waals surface area contributed by atoms with Gasteiger partial charge in [-0.15, -0.1) is 0 Å². The fourth-order valence-corrected chi connectivity index (χ4v) is 3.82. The van der Waals surface area contributed by atoms with Gasteiger partial charge in [0.1, 0.15) is 0 Å². The summed E-state index contributed by atoms with van der Waals surface area (Å²) < 4.78 is 10.7. The van der Waals surface area contributed by atoms with Crippen LogP contribution in [0.2, 0.25) is 0 Å². The normalized spacial score (nSPS) is 12.0. The SMILES string of the molecule is CCCCCCOC(=O)CCCCCCCCCCC(CC)C(=O)OCCCCCC. The Bertz CT molecular complexity index is 408. The standard InChI is InChI=1S/C27H52O4/c1-4-7-9-19-23-30-26(28)22-18-16-14-12-11-13-15-17-21-25(6-3)27(29)31-24-20-10-8-5-2/h25H,4-24H2,1-3H3. The molecule has 0 saturated heterocycles. The number of carbonyl (C=O) groups excluding carboxylic acids is 2. The first-order valence-electron chi connectivity index (χ1n) is 13.5. The summed E-state index contributed by atoms with van der Waals surface area (Å²) in [5, 5.41) is 0. The monoisotopic (exact) mass is 440 g/mol. The minimum absolute atomic E-state index is 0.0125. The van der Waals surface area contributed by atoms with E-state index < -0.39 is 0 Å². The van der Waals surface area contributed by atoms with E-state index in [0.717, 1.165) is 57.8 Å². The fraction of sp³-hybridized carbons (Fsp3) is 0.926. The van der Waals surface area contributed by atoms with E-state index >= 15 is 0 Å². The van der Waals surface area contributed by atoms with Gasteiger partial charge in [0.25, 0.3) is 0 Å². The van der Waals surface area contributed by atoms with Gasteiger partial charge in [-0.2, -0.15) is 0 Å². The second-order valence-corrected chi connectivity index (χ2v) is 8.98. The zero-order valence-corrected chi connectivity index (χ0v) is 21.1. The molecule has 0 spiro atoms. The van der Waals surface area contributed by atoms with Crippen LogP contribution in [-0.2, 0) is 19.1 Å². The average molecular weight is 441 g/mol. The molecular weight excluding hydrogens is 388 g/mol. The van der Waals surface area contributed by atoms with Crippen LogP contribution in [-0.4, -0.2) is 25.2 Å². The molecule has 0 aromatic carbocycles. The highest BCUT2D eigenvalue weighted by atomic mass is 16.5. The smallest absolute Gasteiger partial charge is 0.308 e. The molecule has 0 radical (unpaired) electrons. The Morgan fingerprint density at radius 2 is 1.06 bits per heavy atom. The molecule has 0 bridgehead atoms. The Kier molecular flexibility index (Phi) is 22.8. The van der Waals surface area contributed by atoms with Gasteiger partial charge in [0.05, 0.1) is 19.1 Å². The van der Waals surface area contributed by atoms with E-state index in [2.05, 4.69) is 20.8 Å². The molecule has 184 valence electrons. The Labute approximate surface area is 193 Å². The molecule has 0 aliphatic carbocycles. The molecule has 0 aromatic heterocycles. The maximum Gasteiger partial charge on any atom is 0.308 e. The Hall–Kier alpha value is -1.06. The molecule has 0 aliphatic heterocycles. The van der Waals surface area contributed by atoms with E-state index in [1.54, 1.807) is 0 Å². The maximum atomic E-state index is 12.2. The largest absolute Gasteiger partial charge is 0.466 e. The first-order valence-corrected chi connectivity index (χ1v) is 13.5. The van der Waals surface area contributed by atoms with Crippen LogP contribution in [0.25, 0.3) is 0 Å². The third-order valence-corrected chi connectivity index (χ3v) is 6.01. The van der Waals surface area contributed by atoms with Crippen molar-refractivity contribution in [1.82, 2.24) is 0 Å². The van der Waals surface area contributed by atoms with Gasteiger partial charge < -0.3 is 9.47 Å². The quantitative estimate of drug-likeness (QED) is 0.119. The maximum absolute atomic E-state index is 12.2. The summed E-state index contributed by atoms with van der Waals surface area (Å²) in [6.45, 7) is 7.64. The second kappa shape index (κ2) is 23.6. The van der Waals surface area contributed by atoms with Crippen LogP contribution in [0.3, 0.4) is 0 Å². The van der Waals surface area contributed by atoms with Crippen LogP contribution < -0.4 is 0 Å². The highest BCUT2D eigenvalue weighted by Crippen LogP contribution is 2.17. The van der Waals surface area contributed by atoms with Gasteiger partial charge in [-0.25, -0.2) is 0 Å². The molecule has 0 rings (SSSR count). The van der Waals surface area contributed by atoms with Crippen molar-refractivity contribution in [2.75, 3.05) is 13.2 Å². The predicted molar refractivity (Wildman–Crippen MR) is 130 cm³/mol. The lowest BCUT2D eigenvalue weighted by Crippen LogP contribution is -2.17. The second-order valence-electron chi connectivity index (χ2n) is 8.98. The zero-order chi connectivity index (χ0) is 23.0. The summed E-state index contributed by atoms with van der Waals surface area (Å²) in [7, 11) is 0. The van der Waals surface area contributed by atoms with Crippen LogP contribution in [0.5, 0.6) is 0 Å². The molecule has 0 fully saturated rings. The van der Waals surface area contributed by atoms with Crippen molar-refractivity contribution in [3.8, 4) is 0 Å². The van der Waals surface area contributed by atoms with Crippen molar-refractivity contribution in [2.24, 2.45) is 5.92 Å². The predicted octanol–water partition coefficient (Wildman–Crippen LogP) is 8.16. The molecular formula is C27H52O4. The van der Waals surface area contributed by atoms with Gasteiger partial charge in [-0.05, 0) is 32.1 Å². The van der Waals surface area contributed by atoms with Gasteiger partial charge in [0.15, 0.2) is 0 Å². The van der Waals surface area contributed by atoms with Crippen LogP contribution in [0, 0.1) is 5.92 Å². The highest BCUT2D eigenvalue weighted by Gasteiger charge is 2.17. The summed E-state index contributed by atoms with van der Waals surface area (Å²) in [4.78, 5) is 23.8. The first-order chi connectivity index (χ1) is 15.2. The number of hydrogen-bond donors (Lipinski definition) is 0. The zero-order valence-electron chi connectivity index (χ0n) is 21.1. The van der Waals surface area contributed by atoms with E-state index in [1.807, 2.05) is 0 Å². The molecule has 0 N–H and O–H groups in total. The van der Waals surface area contributed by atoms with Crippen molar-refractivity contribution in [3.05, 3.63) is 0 Å². The van der Waals surface area contributed by atoms with Crippen LogP contribution in [0.4, 0.5) is 0 Å². The number of esters is 2. The van der Waals surface area contributed by atoms with Crippen LogP contribution in [0.15, 0.2) is 0 Å². The summed E-state index contributed by atoms with van der Waals surface area (Å²) in [6.07, 6.45) is 20.9. The van der Waals surface area contributed by atoms with Crippen molar-refractivity contribution in [3.63, 3.8) is 0 Å². The minimum Gasteiger partial charge on any atom is -0.466 e. The molecule has 0 heterocycles. The Morgan fingerprint density at radius 1 is 0.581 bits per heavy atom. The van der Waals surface area contributed by atoms with Crippen molar-refractivity contribution in [1.29, 1.82) is 0 Å². The number of rotatable bonds is 23. The summed E-state index contributed by atoms with van der Waals surface area (Å²) in [6, 6.07) is 0. The van der Waals surface area contributed by atoms with Gasteiger partial charge in [-0.1, -0.05) is 104 Å². The fourth-order valence-electron chi connectivity index (χ4n) is 3.82. The molecule has 0 saturated carbocycles. The van der Waals surface area contributed by atoms with E-state index in [9.17, 15) is 9.59 Å². The van der Waals surface area contributed by atoms with Crippen molar-refractivity contribution >= 4 is 11.9 Å². The Balaban J connectivity index is 3.47. The van der Waals surface area contributed by atoms with Gasteiger partial charge in [0.2, 0.25) is 0 Å². The van der Waals surface area contributed by atoms with Gasteiger partial charge in [-0.3, -0.25) is 9.59 Å². The molecule has 1 unspecified atom stereocenters. The minimum atomic E-state index is -0.0264. The summed E-state index contributed by atoms with van der Waals surface area (Å²) in [5.74, 6) is 0.0672. The molecule has 0 amide bonds. The molecule has 0 aromatic rings. The van der Waals surface area contributed by atoms with E-state index in [0.29, 0.717) is 19.6 Å². The lowest BCUT2D eigenvalue weighted by molar-refractivity contribution is -0.149. The van der Waals surface area contributed by atoms with E-state index in [1.165, 1.54) is 57.8 Å². The number of unbranched alkanes of at least 4 members (excludes halogenated alkanes) is 13. The van der Waals surface area contributed by atoms with E-state index in [4.69, 9.17) is 9.47 Å². The van der Waals surface area contributed by atoms with Crippen molar-refractivity contribution < 1.29 is 19.1 Å². The highest BCUT2D eigenvalue weighted by molar-refractivity contribution is 5.72. The topological polar surface area (TPSA) is 52.6 Å². The number of carbonyl (C=O) groups is 2. The molecule has 1 atom stereocenters. The first kappa shape index (κ1) is 29.9. The Morgan fingerprint density at radius 3 is 1.61 bits per heavy atom.